The molecule has 0 saturated carbocycles. The van der Waals surface area contributed by atoms with Crippen molar-refractivity contribution >= 4 is 36.4 Å². The SMILES string of the molecule is CN.CN(CCCC1CC(c2cccnc2)N(C)C1=O)CCCC1CC(c2cccnc2)N(C)C1=O.CN1C(=O)C(CCC=O)CC1c1cccnc1.Cl. The maximum Gasteiger partial charge on any atom is 0.226 e. The number of halogens is 1. The van der Waals surface area contributed by atoms with E-state index in [1.54, 1.807) is 29.7 Å². The van der Waals surface area contributed by atoms with E-state index in [4.69, 9.17) is 0 Å². The molecule has 6 unspecified atom stereocenters. The largest absolute Gasteiger partial charge is 0.338 e. The van der Waals surface area contributed by atoms with Crippen molar-refractivity contribution in [3.8, 4) is 0 Å². The number of pyridine rings is 3. The second-order valence-corrected chi connectivity index (χ2v) is 14.4. The zero-order chi connectivity index (χ0) is 38.3. The third-order valence-corrected chi connectivity index (χ3v) is 11.0. The molecule has 3 aliphatic heterocycles. The smallest absolute Gasteiger partial charge is 0.226 e. The monoisotopic (exact) mass is 762 g/mol. The molecule has 0 aromatic carbocycles. The second-order valence-electron chi connectivity index (χ2n) is 14.4. The molecule has 0 aliphatic carbocycles. The summed E-state index contributed by atoms with van der Waals surface area (Å²) in [5.74, 6) is 0.822. The van der Waals surface area contributed by atoms with Gasteiger partial charge in [-0.3, -0.25) is 29.3 Å². The minimum absolute atomic E-state index is 0. The summed E-state index contributed by atoms with van der Waals surface area (Å²) in [6.07, 6.45) is 19.2. The van der Waals surface area contributed by atoms with Crippen molar-refractivity contribution in [2.75, 3.05) is 48.3 Å². The highest BCUT2D eigenvalue weighted by atomic mass is 35.5. The lowest BCUT2D eigenvalue weighted by molar-refractivity contribution is -0.131. The number of carbonyl (C=O) groups excluding carboxylic acids is 4. The summed E-state index contributed by atoms with van der Waals surface area (Å²) in [7, 11) is 9.28. The fourth-order valence-corrected chi connectivity index (χ4v) is 8.03. The molecular formula is C41H59ClN8O4. The molecule has 3 aromatic heterocycles. The van der Waals surface area contributed by atoms with E-state index in [0.717, 1.165) is 81.0 Å². The highest BCUT2D eigenvalue weighted by Gasteiger charge is 2.39. The molecule has 2 N–H and O–H groups in total. The Labute approximate surface area is 327 Å². The number of hydrogen-bond acceptors (Lipinski definition) is 9. The lowest BCUT2D eigenvalue weighted by Crippen LogP contribution is -2.26. The van der Waals surface area contributed by atoms with Crippen LogP contribution in [-0.4, -0.2) is 107 Å². The molecular weight excluding hydrogens is 704 g/mol. The normalized spacial score (nSPS) is 23.5. The van der Waals surface area contributed by atoms with Crippen LogP contribution in [0.1, 0.15) is 92.6 Å². The van der Waals surface area contributed by atoms with E-state index >= 15 is 0 Å². The molecule has 6 rings (SSSR count). The van der Waals surface area contributed by atoms with Gasteiger partial charge in [0.25, 0.3) is 0 Å². The summed E-state index contributed by atoms with van der Waals surface area (Å²) in [5, 5.41) is 0. The number of aromatic nitrogens is 3. The lowest BCUT2D eigenvalue weighted by atomic mass is 9.96. The van der Waals surface area contributed by atoms with Crippen LogP contribution in [-0.2, 0) is 19.2 Å². The van der Waals surface area contributed by atoms with E-state index in [-0.39, 0.29) is 66.0 Å². The predicted octanol–water partition coefficient (Wildman–Crippen LogP) is 5.28. The van der Waals surface area contributed by atoms with Gasteiger partial charge >= 0.3 is 0 Å². The summed E-state index contributed by atoms with van der Waals surface area (Å²) < 4.78 is 0. The molecule has 13 heteroatoms. The third-order valence-electron chi connectivity index (χ3n) is 11.0. The Hall–Kier alpha value is -4.26. The summed E-state index contributed by atoms with van der Waals surface area (Å²) in [6, 6.07) is 12.2. The van der Waals surface area contributed by atoms with E-state index in [1.165, 1.54) is 7.05 Å². The van der Waals surface area contributed by atoms with E-state index < -0.39 is 0 Å². The summed E-state index contributed by atoms with van der Waals surface area (Å²) in [4.78, 5) is 68.2. The lowest BCUT2D eigenvalue weighted by Gasteiger charge is -2.19. The number of likely N-dealkylation sites (tertiary alicyclic amines) is 3. The quantitative estimate of drug-likeness (QED) is 0.217. The summed E-state index contributed by atoms with van der Waals surface area (Å²) in [5.41, 5.74) is 7.81. The van der Waals surface area contributed by atoms with Gasteiger partial charge in [0.05, 0.1) is 18.1 Å². The molecule has 6 atom stereocenters. The van der Waals surface area contributed by atoms with E-state index in [1.807, 2.05) is 67.6 Å². The van der Waals surface area contributed by atoms with Gasteiger partial charge in [-0.2, -0.15) is 0 Å². The molecule has 6 heterocycles. The van der Waals surface area contributed by atoms with Crippen LogP contribution in [0.15, 0.2) is 73.6 Å². The number of rotatable bonds is 14. The minimum Gasteiger partial charge on any atom is -0.338 e. The topological polar surface area (TPSA) is 146 Å². The molecule has 0 spiro atoms. The summed E-state index contributed by atoms with van der Waals surface area (Å²) in [6.45, 7) is 1.95. The fraction of sp³-hybridized carbons (Fsp3) is 0.537. The van der Waals surface area contributed by atoms with Crippen LogP contribution >= 0.6 is 12.4 Å². The number of hydrogen-bond donors (Lipinski definition) is 1. The van der Waals surface area contributed by atoms with Gasteiger partial charge in [-0.15, -0.1) is 12.4 Å². The zero-order valence-corrected chi connectivity index (χ0v) is 33.3. The van der Waals surface area contributed by atoms with Crippen LogP contribution in [0, 0.1) is 17.8 Å². The first-order chi connectivity index (χ1) is 25.7. The minimum atomic E-state index is -0.0181. The Balaban J connectivity index is 0.000000330. The maximum absolute atomic E-state index is 12.7. The van der Waals surface area contributed by atoms with Crippen LogP contribution in [0.5, 0.6) is 0 Å². The van der Waals surface area contributed by atoms with Crippen LogP contribution < -0.4 is 5.73 Å². The van der Waals surface area contributed by atoms with Crippen molar-refractivity contribution in [3.63, 3.8) is 0 Å². The van der Waals surface area contributed by atoms with Crippen LogP contribution in [0.4, 0.5) is 0 Å². The number of aldehydes is 1. The second kappa shape index (κ2) is 22.2. The van der Waals surface area contributed by atoms with Crippen molar-refractivity contribution in [1.29, 1.82) is 0 Å². The molecule has 3 aliphatic rings. The Morgan fingerprint density at radius 3 is 1.28 bits per heavy atom. The first-order valence-electron chi connectivity index (χ1n) is 18.9. The molecule has 3 aromatic rings. The molecule has 0 bridgehead atoms. The van der Waals surface area contributed by atoms with Crippen molar-refractivity contribution in [2.45, 2.75) is 75.9 Å². The molecule has 3 saturated heterocycles. The van der Waals surface area contributed by atoms with Crippen molar-refractivity contribution in [1.82, 2.24) is 34.6 Å². The van der Waals surface area contributed by atoms with Crippen LogP contribution in [0.3, 0.4) is 0 Å². The zero-order valence-electron chi connectivity index (χ0n) is 32.5. The highest BCUT2D eigenvalue weighted by Crippen LogP contribution is 2.39. The van der Waals surface area contributed by atoms with Gasteiger partial charge in [-0.25, -0.2) is 0 Å². The Kier molecular flexibility index (Phi) is 18.1. The van der Waals surface area contributed by atoms with E-state index in [2.05, 4.69) is 44.8 Å². The third kappa shape index (κ3) is 11.4. The van der Waals surface area contributed by atoms with Crippen molar-refractivity contribution in [3.05, 3.63) is 90.3 Å². The number of nitrogens with zero attached hydrogens (tertiary/aromatic N) is 7. The number of nitrogens with two attached hydrogens (primary N) is 1. The fourth-order valence-electron chi connectivity index (χ4n) is 8.03. The average molecular weight is 763 g/mol. The standard InChI is InChI=1S/C27H37N5O2.C13H16N2O2.CH5N.ClH/c1-30(14-6-10-20-16-24(31(2)26(20)33)22-8-4-12-28-18-22)15-7-11-21-17-25(32(3)27(21)34)23-9-5-13-29-19-23;1-15-12(11-4-2-6-14-9-11)8-10(13(15)17)5-3-7-16;1-2;/h4-5,8-9,12-13,18-21,24-25H,6-7,10-11,14-17H2,1-3H3;2,4,6-7,9-10,12H,3,5,8H2,1H3;2H2,1H3;1H. The first kappa shape index (κ1) is 44.1. The molecule has 54 heavy (non-hydrogen) atoms. The Bertz CT molecular complexity index is 1510. The number of carbonyl (C=O) groups is 4. The van der Waals surface area contributed by atoms with Crippen LogP contribution in [0.2, 0.25) is 0 Å². The molecule has 294 valence electrons. The maximum atomic E-state index is 12.7. The van der Waals surface area contributed by atoms with Crippen molar-refractivity contribution < 1.29 is 19.2 Å². The average Bonchev–Trinajstić information content (AvgIpc) is 3.77. The van der Waals surface area contributed by atoms with Gasteiger partial charge in [-0.05, 0) is 113 Å². The van der Waals surface area contributed by atoms with Gasteiger partial charge in [0.1, 0.15) is 6.29 Å². The molecule has 12 nitrogen and oxygen atoms in total. The molecule has 3 fully saturated rings. The van der Waals surface area contributed by atoms with Gasteiger partial charge in [0.2, 0.25) is 17.7 Å². The van der Waals surface area contributed by atoms with Gasteiger partial charge in [-0.1, -0.05) is 18.2 Å². The van der Waals surface area contributed by atoms with Gasteiger partial charge < -0.3 is 30.1 Å². The van der Waals surface area contributed by atoms with Crippen molar-refractivity contribution in [2.24, 2.45) is 23.5 Å². The highest BCUT2D eigenvalue weighted by molar-refractivity contribution is 5.85. The Morgan fingerprint density at radius 1 is 0.648 bits per heavy atom. The predicted molar refractivity (Wildman–Crippen MR) is 212 cm³/mol. The first-order valence-corrected chi connectivity index (χ1v) is 18.9. The van der Waals surface area contributed by atoms with E-state index in [0.29, 0.717) is 12.8 Å². The summed E-state index contributed by atoms with van der Waals surface area (Å²) >= 11 is 0. The Morgan fingerprint density at radius 2 is 0.981 bits per heavy atom. The van der Waals surface area contributed by atoms with Crippen LogP contribution in [0.25, 0.3) is 0 Å². The molecule has 3 amide bonds. The van der Waals surface area contributed by atoms with Gasteiger partial charge in [0.15, 0.2) is 0 Å². The molecule has 0 radical (unpaired) electrons. The van der Waals surface area contributed by atoms with Gasteiger partial charge in [0, 0.05) is 82.5 Å². The van der Waals surface area contributed by atoms with E-state index in [9.17, 15) is 19.2 Å². The number of amides is 3.